The van der Waals surface area contributed by atoms with E-state index in [0.717, 1.165) is 5.56 Å². The Morgan fingerprint density at radius 2 is 1.94 bits per heavy atom. The quantitative estimate of drug-likeness (QED) is 0.384. The van der Waals surface area contributed by atoms with Crippen LogP contribution in [0, 0.1) is 12.7 Å². The van der Waals surface area contributed by atoms with Crippen LogP contribution in [0.2, 0.25) is 0 Å². The van der Waals surface area contributed by atoms with Gasteiger partial charge >= 0.3 is 0 Å². The van der Waals surface area contributed by atoms with Gasteiger partial charge in [0.05, 0.1) is 28.9 Å². The third kappa shape index (κ3) is 4.89. The van der Waals surface area contributed by atoms with Gasteiger partial charge in [0.1, 0.15) is 22.9 Å². The minimum Gasteiger partial charge on any atom is -0.508 e. The number of nitrogens with zero attached hydrogens (tertiary/aromatic N) is 2. The van der Waals surface area contributed by atoms with Crippen molar-refractivity contribution >= 4 is 34.5 Å². The number of rotatable bonds is 6. The standard InChI is InChI=1S/C24H26FN5O3/c1-13-8-16(25)19(10-21(13)32)27-18-6-7-26-23-22(18)24(33)29-20-9-15(4-5-17(20)28-23)12-30(3)11-14(2)31/h4-10,14,31-32H,11-12H2,1-3H3,(H,29,33)(H2,26,27,28)/t14-/m0/s1. The molecule has 5 N–H and O–H groups in total. The van der Waals surface area contributed by atoms with Crippen molar-refractivity contribution in [1.29, 1.82) is 0 Å². The van der Waals surface area contributed by atoms with E-state index in [-0.39, 0.29) is 17.0 Å². The lowest BCUT2D eigenvalue weighted by Crippen LogP contribution is -2.26. The van der Waals surface area contributed by atoms with E-state index >= 15 is 0 Å². The molecule has 9 heteroatoms. The number of phenolic OH excluding ortho intramolecular Hbond substituents is 1. The van der Waals surface area contributed by atoms with Crippen LogP contribution in [-0.4, -0.2) is 45.7 Å². The predicted octanol–water partition coefficient (Wildman–Crippen LogP) is 4.10. The van der Waals surface area contributed by atoms with Crippen molar-refractivity contribution in [3.8, 4) is 5.75 Å². The number of aliphatic hydroxyl groups is 1. The number of benzene rings is 2. The normalized spacial score (nSPS) is 13.5. The fraction of sp³-hybridized carbons (Fsp3) is 0.250. The highest BCUT2D eigenvalue weighted by Crippen LogP contribution is 2.36. The Bertz CT molecular complexity index is 1210. The number of hydrogen-bond donors (Lipinski definition) is 5. The van der Waals surface area contributed by atoms with E-state index in [1.807, 2.05) is 30.1 Å². The van der Waals surface area contributed by atoms with E-state index in [1.165, 1.54) is 18.3 Å². The average molecular weight is 452 g/mol. The molecule has 3 aromatic rings. The number of likely N-dealkylation sites (N-methyl/N-ethyl adjacent to an activating group) is 1. The number of amides is 1. The van der Waals surface area contributed by atoms with Gasteiger partial charge in [0.15, 0.2) is 0 Å². The van der Waals surface area contributed by atoms with Crippen molar-refractivity contribution in [1.82, 2.24) is 9.88 Å². The molecular formula is C24H26FN5O3. The molecule has 2 aromatic carbocycles. The summed E-state index contributed by atoms with van der Waals surface area (Å²) in [6.45, 7) is 4.46. The third-order valence-electron chi connectivity index (χ3n) is 5.35. The zero-order valence-corrected chi connectivity index (χ0v) is 18.6. The number of phenols is 1. The molecular weight excluding hydrogens is 425 g/mol. The average Bonchev–Trinajstić information content (AvgIpc) is 2.87. The number of aliphatic hydroxyl groups excluding tert-OH is 1. The number of nitrogens with one attached hydrogen (secondary N) is 3. The second kappa shape index (κ2) is 9.05. The summed E-state index contributed by atoms with van der Waals surface area (Å²) < 4.78 is 14.4. The first-order chi connectivity index (χ1) is 15.7. The van der Waals surface area contributed by atoms with Gasteiger partial charge < -0.3 is 26.2 Å². The molecule has 0 radical (unpaired) electrons. The van der Waals surface area contributed by atoms with Crippen molar-refractivity contribution in [2.24, 2.45) is 0 Å². The second-order valence-corrected chi connectivity index (χ2v) is 8.33. The van der Waals surface area contributed by atoms with Gasteiger partial charge in [-0.1, -0.05) is 6.07 Å². The summed E-state index contributed by atoms with van der Waals surface area (Å²) >= 11 is 0. The Labute approximate surface area is 191 Å². The molecule has 1 atom stereocenters. The van der Waals surface area contributed by atoms with Crippen LogP contribution in [0.15, 0.2) is 42.6 Å². The van der Waals surface area contributed by atoms with Gasteiger partial charge in [0.2, 0.25) is 0 Å². The zero-order chi connectivity index (χ0) is 23.7. The fourth-order valence-electron chi connectivity index (χ4n) is 3.83. The first kappa shape index (κ1) is 22.5. The van der Waals surface area contributed by atoms with Crippen molar-refractivity contribution in [3.05, 3.63) is 65.1 Å². The number of aromatic nitrogens is 1. The number of fused-ring (bicyclic) bond motifs is 2. The Kier molecular flexibility index (Phi) is 6.17. The van der Waals surface area contributed by atoms with Crippen LogP contribution in [0.1, 0.15) is 28.4 Å². The number of aromatic hydroxyl groups is 1. The molecule has 0 bridgehead atoms. The maximum atomic E-state index is 14.4. The highest BCUT2D eigenvalue weighted by atomic mass is 19.1. The van der Waals surface area contributed by atoms with Crippen LogP contribution in [0.5, 0.6) is 5.75 Å². The molecule has 0 aliphatic carbocycles. The van der Waals surface area contributed by atoms with Crippen molar-refractivity contribution < 1.29 is 19.4 Å². The predicted molar refractivity (Wildman–Crippen MR) is 126 cm³/mol. The number of halogens is 1. The van der Waals surface area contributed by atoms with Crippen LogP contribution in [0.3, 0.4) is 0 Å². The largest absolute Gasteiger partial charge is 0.508 e. The maximum absolute atomic E-state index is 14.4. The molecule has 0 saturated heterocycles. The molecule has 0 fully saturated rings. The molecule has 0 saturated carbocycles. The van der Waals surface area contributed by atoms with Crippen LogP contribution in [0.25, 0.3) is 0 Å². The number of anilines is 5. The SMILES string of the molecule is Cc1cc(F)c(Nc2ccnc3c2C(=O)Nc2cc(CN(C)C[C@H](C)O)ccc2N3)cc1O. The maximum Gasteiger partial charge on any atom is 0.261 e. The van der Waals surface area contributed by atoms with Crippen molar-refractivity contribution in [2.45, 2.75) is 26.5 Å². The number of carbonyl (C=O) groups excluding carboxylic acids is 1. The van der Waals surface area contributed by atoms with E-state index < -0.39 is 17.8 Å². The highest BCUT2D eigenvalue weighted by Gasteiger charge is 2.24. The zero-order valence-electron chi connectivity index (χ0n) is 18.6. The van der Waals surface area contributed by atoms with Gasteiger partial charge in [0.25, 0.3) is 5.91 Å². The minimum absolute atomic E-state index is 0.0458. The molecule has 0 unspecified atom stereocenters. The summed E-state index contributed by atoms with van der Waals surface area (Å²) in [4.78, 5) is 19.4. The molecule has 1 amide bonds. The van der Waals surface area contributed by atoms with Gasteiger partial charge in [0, 0.05) is 25.4 Å². The Balaban J connectivity index is 1.63. The van der Waals surface area contributed by atoms with Crippen LogP contribution < -0.4 is 16.0 Å². The molecule has 2 heterocycles. The first-order valence-electron chi connectivity index (χ1n) is 10.5. The molecule has 0 spiro atoms. The molecule has 172 valence electrons. The van der Waals surface area contributed by atoms with Gasteiger partial charge in [-0.25, -0.2) is 9.37 Å². The minimum atomic E-state index is -0.549. The van der Waals surface area contributed by atoms with Crippen LogP contribution >= 0.6 is 0 Å². The highest BCUT2D eigenvalue weighted by molar-refractivity contribution is 6.15. The molecule has 1 aliphatic rings. The molecule has 1 aromatic heterocycles. The summed E-state index contributed by atoms with van der Waals surface area (Å²) in [6.07, 6.45) is 1.07. The van der Waals surface area contributed by atoms with E-state index in [2.05, 4.69) is 20.9 Å². The molecule has 8 nitrogen and oxygen atoms in total. The van der Waals surface area contributed by atoms with Crippen LogP contribution in [0.4, 0.5) is 33.0 Å². The van der Waals surface area contributed by atoms with Crippen molar-refractivity contribution in [2.75, 3.05) is 29.5 Å². The Morgan fingerprint density at radius 3 is 2.70 bits per heavy atom. The monoisotopic (exact) mass is 451 g/mol. The van der Waals surface area contributed by atoms with E-state index in [0.29, 0.717) is 41.5 Å². The summed E-state index contributed by atoms with van der Waals surface area (Å²) in [5.74, 6) is -0.681. The van der Waals surface area contributed by atoms with E-state index in [9.17, 15) is 19.4 Å². The molecule has 33 heavy (non-hydrogen) atoms. The lowest BCUT2D eigenvalue weighted by atomic mass is 10.1. The van der Waals surface area contributed by atoms with E-state index in [1.54, 1.807) is 19.9 Å². The van der Waals surface area contributed by atoms with Gasteiger partial charge in [-0.2, -0.15) is 0 Å². The van der Waals surface area contributed by atoms with Crippen LogP contribution in [-0.2, 0) is 6.54 Å². The number of hydrogen-bond acceptors (Lipinski definition) is 7. The number of carbonyl (C=O) groups is 1. The summed E-state index contributed by atoms with van der Waals surface area (Å²) in [7, 11) is 1.91. The second-order valence-electron chi connectivity index (χ2n) is 8.33. The lowest BCUT2D eigenvalue weighted by molar-refractivity contribution is 0.102. The number of pyridine rings is 1. The Morgan fingerprint density at radius 1 is 1.15 bits per heavy atom. The van der Waals surface area contributed by atoms with Gasteiger partial charge in [-0.3, -0.25) is 9.69 Å². The van der Waals surface area contributed by atoms with Gasteiger partial charge in [-0.05, 0) is 56.3 Å². The van der Waals surface area contributed by atoms with Gasteiger partial charge in [-0.15, -0.1) is 0 Å². The summed E-state index contributed by atoms with van der Waals surface area (Å²) in [5.41, 5.74) is 3.26. The molecule has 1 aliphatic heterocycles. The summed E-state index contributed by atoms with van der Waals surface area (Å²) in [6, 6.07) is 9.74. The first-order valence-corrected chi connectivity index (χ1v) is 10.5. The van der Waals surface area contributed by atoms with Crippen molar-refractivity contribution in [3.63, 3.8) is 0 Å². The van der Waals surface area contributed by atoms with E-state index in [4.69, 9.17) is 0 Å². The summed E-state index contributed by atoms with van der Waals surface area (Å²) in [5, 5.41) is 28.5. The lowest BCUT2D eigenvalue weighted by Gasteiger charge is -2.19. The number of aryl methyl sites for hydroxylation is 1. The fourth-order valence-corrected chi connectivity index (χ4v) is 3.83. The topological polar surface area (TPSA) is 110 Å². The smallest absolute Gasteiger partial charge is 0.261 e. The third-order valence-corrected chi connectivity index (χ3v) is 5.35. The Hall–Kier alpha value is -3.69. The molecule has 4 rings (SSSR count).